The van der Waals surface area contributed by atoms with Crippen LogP contribution in [0.1, 0.15) is 0 Å². The number of rotatable bonds is 0. The van der Waals surface area contributed by atoms with E-state index in [1.807, 2.05) is 0 Å². The highest BCUT2D eigenvalue weighted by molar-refractivity contribution is 6.16. The minimum absolute atomic E-state index is 0.509. The number of aromatic nitrogens is 4. The fraction of sp³-hybridized carbons (Fsp3) is 0.0833. The summed E-state index contributed by atoms with van der Waals surface area (Å²) in [6, 6.07) is 5.97. The average molecular weight is 520 g/mol. The Labute approximate surface area is 206 Å². The third-order valence-electron chi connectivity index (χ3n) is 6.18. The normalized spacial score (nSPS) is 11.1. The van der Waals surface area contributed by atoms with Gasteiger partial charge in [0.2, 0.25) is 0 Å². The Balaban J connectivity index is 2.23. The highest BCUT2D eigenvalue weighted by Crippen LogP contribution is 2.41. The molecule has 3 aromatic carbocycles. The summed E-state index contributed by atoms with van der Waals surface area (Å²) in [5.74, 6) is -10.8. The Kier molecular flexibility index (Phi) is 5.05. The van der Waals surface area contributed by atoms with Crippen LogP contribution in [-0.4, -0.2) is 19.1 Å². The number of aryl methyl sites for hydroxylation is 2. The lowest BCUT2D eigenvalue weighted by Crippen LogP contribution is -2.18. The summed E-state index contributed by atoms with van der Waals surface area (Å²) < 4.78 is 94.5. The second-order valence-corrected chi connectivity index (χ2v) is 7.96. The maximum atomic E-state index is 16.1. The van der Waals surface area contributed by atoms with Crippen molar-refractivity contribution in [1.29, 1.82) is 21.0 Å². The van der Waals surface area contributed by atoms with Gasteiger partial charge in [-0.25, -0.2) is 36.3 Å². The lowest BCUT2D eigenvalue weighted by Gasteiger charge is -2.13. The van der Waals surface area contributed by atoms with Crippen molar-refractivity contribution in [2.75, 3.05) is 0 Å². The highest BCUT2D eigenvalue weighted by Gasteiger charge is 2.32. The van der Waals surface area contributed by atoms with Crippen molar-refractivity contribution < 1.29 is 26.3 Å². The van der Waals surface area contributed by atoms with Gasteiger partial charge in [0.25, 0.3) is 0 Å². The van der Waals surface area contributed by atoms with Gasteiger partial charge in [0.15, 0.2) is 45.4 Å². The largest absolute Gasteiger partial charge is 0.325 e. The summed E-state index contributed by atoms with van der Waals surface area (Å²) in [4.78, 5) is 7.38. The average Bonchev–Trinajstić information content (AvgIpc) is 3.41. The zero-order valence-corrected chi connectivity index (χ0v) is 18.8. The van der Waals surface area contributed by atoms with Crippen LogP contribution < -0.4 is 11.0 Å². The minimum atomic E-state index is -1.92. The van der Waals surface area contributed by atoms with Gasteiger partial charge in [-0.15, -0.1) is 0 Å². The van der Waals surface area contributed by atoms with Crippen molar-refractivity contribution in [2.45, 2.75) is 0 Å². The fourth-order valence-corrected chi connectivity index (χ4v) is 4.55. The summed E-state index contributed by atoms with van der Waals surface area (Å²) in [6.45, 7) is 0. The predicted molar refractivity (Wildman–Crippen MR) is 118 cm³/mol. The molecule has 0 unspecified atom stereocenters. The Morgan fingerprint density at radius 1 is 0.526 bits per heavy atom. The molecule has 0 saturated heterocycles. The van der Waals surface area contributed by atoms with Crippen LogP contribution in [0.15, 0.2) is 0 Å². The number of nitrogens with zero attached hydrogens (tertiary/aromatic N) is 8. The number of benzene rings is 3. The molecule has 0 radical (unpaired) electrons. The Morgan fingerprint density at radius 2 is 0.842 bits per heavy atom. The van der Waals surface area contributed by atoms with Gasteiger partial charge in [-0.2, -0.15) is 21.0 Å². The number of nitriles is 4. The minimum Gasteiger partial charge on any atom is -0.325 e. The molecular formula is C24H6F6N8. The SMILES string of the molecule is Cn1c(=C(C#N)C#N)nc2c(F)c(F)c3c(F)c4c(c(F)c(F)c5nc(=C(C#N)C#N)n(C)c54)c(F)c3c21. The topological polar surface area (TPSA) is 131 Å². The summed E-state index contributed by atoms with van der Waals surface area (Å²) in [5, 5.41) is 32.1. The van der Waals surface area contributed by atoms with Gasteiger partial charge in [0, 0.05) is 14.1 Å². The van der Waals surface area contributed by atoms with E-state index in [9.17, 15) is 21.0 Å². The van der Waals surface area contributed by atoms with E-state index in [-0.39, 0.29) is 0 Å². The lowest BCUT2D eigenvalue weighted by molar-refractivity contribution is 0.514. The van der Waals surface area contributed by atoms with Crippen LogP contribution in [0.3, 0.4) is 0 Å². The van der Waals surface area contributed by atoms with Crippen LogP contribution >= 0.6 is 0 Å². The van der Waals surface area contributed by atoms with Crippen LogP contribution in [0.4, 0.5) is 26.3 Å². The molecule has 0 aliphatic rings. The van der Waals surface area contributed by atoms with E-state index in [1.165, 1.54) is 24.3 Å². The van der Waals surface area contributed by atoms with Crippen molar-refractivity contribution in [3.8, 4) is 24.3 Å². The third-order valence-corrected chi connectivity index (χ3v) is 6.18. The Bertz CT molecular complexity index is 2070. The fourth-order valence-electron chi connectivity index (χ4n) is 4.55. The quantitative estimate of drug-likeness (QED) is 0.228. The molecule has 0 bridgehead atoms. The van der Waals surface area contributed by atoms with Crippen molar-refractivity contribution in [3.05, 3.63) is 45.9 Å². The molecule has 8 nitrogen and oxygen atoms in total. The molecule has 5 rings (SSSR count). The zero-order chi connectivity index (χ0) is 27.8. The van der Waals surface area contributed by atoms with Crippen LogP contribution in [-0.2, 0) is 14.1 Å². The first kappa shape index (κ1) is 24.1. The van der Waals surface area contributed by atoms with E-state index >= 15 is 26.3 Å². The van der Waals surface area contributed by atoms with Gasteiger partial charge in [-0.05, 0) is 0 Å². The number of imidazole rings is 2. The van der Waals surface area contributed by atoms with E-state index in [2.05, 4.69) is 9.97 Å². The van der Waals surface area contributed by atoms with E-state index in [1.54, 1.807) is 0 Å². The number of hydrogen-bond donors (Lipinski definition) is 0. The third kappa shape index (κ3) is 2.71. The Hall–Kier alpha value is -5.60. The van der Waals surface area contributed by atoms with Gasteiger partial charge in [-0.3, -0.25) is 0 Å². The zero-order valence-electron chi connectivity index (χ0n) is 18.8. The smallest absolute Gasteiger partial charge is 0.187 e. The monoisotopic (exact) mass is 520 g/mol. The standard InChI is InChI=1S/C24H6F6N8/c1-37-21-11-9(15(27)17(29)19(21)35-23(37)7(3-31)4-32)14(26)12-10(13(11)25)16(28)18(30)20-22(12)38(2)24(36-20)8(5-33)6-34/h1-2H3. The first-order chi connectivity index (χ1) is 18.0. The number of fused-ring (bicyclic) bond motifs is 6. The van der Waals surface area contributed by atoms with Gasteiger partial charge >= 0.3 is 0 Å². The predicted octanol–water partition coefficient (Wildman–Crippen LogP) is 3.00. The molecular weight excluding hydrogens is 514 g/mol. The molecule has 184 valence electrons. The first-order valence-electron chi connectivity index (χ1n) is 10.2. The maximum absolute atomic E-state index is 16.1. The maximum Gasteiger partial charge on any atom is 0.187 e. The van der Waals surface area contributed by atoms with Crippen molar-refractivity contribution >= 4 is 54.8 Å². The van der Waals surface area contributed by atoms with E-state index < -0.39 is 101 Å². The lowest BCUT2D eigenvalue weighted by atomic mass is 9.98. The first-order valence-corrected chi connectivity index (χ1v) is 10.2. The molecule has 38 heavy (non-hydrogen) atoms. The van der Waals surface area contributed by atoms with Crippen molar-refractivity contribution in [2.24, 2.45) is 14.1 Å². The second kappa shape index (κ2) is 7.95. The molecule has 14 heteroatoms. The van der Waals surface area contributed by atoms with Crippen LogP contribution in [0, 0.1) is 80.2 Å². The molecule has 2 aromatic heterocycles. The molecule has 0 aliphatic carbocycles. The summed E-state index contributed by atoms with van der Waals surface area (Å²) in [7, 11) is 2.21. The van der Waals surface area contributed by atoms with Gasteiger partial charge in [-0.1, -0.05) is 0 Å². The molecule has 5 aromatic rings. The molecule has 0 spiro atoms. The van der Waals surface area contributed by atoms with Crippen LogP contribution in [0.2, 0.25) is 0 Å². The molecule has 0 N–H and O–H groups in total. The summed E-state index contributed by atoms with van der Waals surface area (Å²) in [6.07, 6.45) is 0. The molecule has 0 fully saturated rings. The molecule has 0 saturated carbocycles. The van der Waals surface area contributed by atoms with Crippen LogP contribution in [0.5, 0.6) is 0 Å². The van der Waals surface area contributed by atoms with Gasteiger partial charge in [0.1, 0.15) is 46.9 Å². The van der Waals surface area contributed by atoms with Crippen molar-refractivity contribution in [1.82, 2.24) is 19.1 Å². The number of hydrogen-bond acceptors (Lipinski definition) is 6. The highest BCUT2D eigenvalue weighted by atomic mass is 19.2. The van der Waals surface area contributed by atoms with Crippen molar-refractivity contribution in [3.63, 3.8) is 0 Å². The van der Waals surface area contributed by atoms with Gasteiger partial charge in [0.05, 0.1) is 32.6 Å². The summed E-state index contributed by atoms with van der Waals surface area (Å²) in [5.41, 5.74) is -5.39. The van der Waals surface area contributed by atoms with E-state index in [0.717, 1.165) is 23.2 Å². The number of halogens is 6. The molecule has 2 heterocycles. The Morgan fingerprint density at radius 3 is 1.13 bits per heavy atom. The van der Waals surface area contributed by atoms with E-state index in [4.69, 9.17) is 0 Å². The molecule has 0 atom stereocenters. The second-order valence-electron chi connectivity index (χ2n) is 7.96. The van der Waals surface area contributed by atoms with E-state index in [0.29, 0.717) is 0 Å². The molecule has 0 aliphatic heterocycles. The molecule has 0 amide bonds. The summed E-state index contributed by atoms with van der Waals surface area (Å²) >= 11 is 0. The van der Waals surface area contributed by atoms with Gasteiger partial charge < -0.3 is 9.13 Å². The van der Waals surface area contributed by atoms with Crippen LogP contribution in [0.25, 0.3) is 54.8 Å².